The highest BCUT2D eigenvalue weighted by Crippen LogP contribution is 2.18. The summed E-state index contributed by atoms with van der Waals surface area (Å²) in [6.07, 6.45) is 1.89. The van der Waals surface area contributed by atoms with Gasteiger partial charge in [-0.3, -0.25) is 4.79 Å². The molecule has 11 heavy (non-hydrogen) atoms. The normalized spacial score (nSPS) is 24.5. The molecule has 0 radical (unpaired) electrons. The van der Waals surface area contributed by atoms with Gasteiger partial charge in [0.2, 0.25) is 5.91 Å². The van der Waals surface area contributed by atoms with E-state index in [1.807, 2.05) is 0 Å². The molecule has 1 unspecified atom stereocenters. The fraction of sp³-hybridized carbons (Fsp3) is 0.667. The average molecular weight is 153 g/mol. The van der Waals surface area contributed by atoms with E-state index in [1.165, 1.54) is 0 Å². The molecule has 0 aromatic rings. The lowest BCUT2D eigenvalue weighted by atomic mass is 10.0. The molecule has 0 spiro atoms. The summed E-state index contributed by atoms with van der Waals surface area (Å²) in [4.78, 5) is 11.0. The van der Waals surface area contributed by atoms with Gasteiger partial charge >= 0.3 is 0 Å². The first-order valence-electron chi connectivity index (χ1n) is 4.08. The number of hydrogen-bond acceptors (Lipinski definition) is 1. The maximum atomic E-state index is 11.0. The second-order valence-electron chi connectivity index (χ2n) is 3.61. The fourth-order valence-electron chi connectivity index (χ4n) is 1.44. The molecule has 1 saturated heterocycles. The van der Waals surface area contributed by atoms with Gasteiger partial charge in [0.25, 0.3) is 0 Å². The van der Waals surface area contributed by atoms with Crippen LogP contribution in [0, 0.1) is 5.92 Å². The highest BCUT2D eigenvalue weighted by molar-refractivity contribution is 5.95. The minimum absolute atomic E-state index is 0.0376. The molecule has 0 bridgehead atoms. The lowest BCUT2D eigenvalue weighted by Crippen LogP contribution is -2.26. The van der Waals surface area contributed by atoms with Crippen LogP contribution in [0.15, 0.2) is 12.2 Å². The Bertz CT molecular complexity index is 168. The van der Waals surface area contributed by atoms with Crippen molar-refractivity contribution in [1.29, 1.82) is 0 Å². The van der Waals surface area contributed by atoms with Gasteiger partial charge in [0.05, 0.1) is 0 Å². The summed E-state index contributed by atoms with van der Waals surface area (Å²) in [5, 5.41) is 2.90. The number of amides is 1. The number of nitrogens with one attached hydrogen (secondary N) is 1. The minimum Gasteiger partial charge on any atom is -0.349 e. The van der Waals surface area contributed by atoms with Crippen LogP contribution < -0.4 is 5.32 Å². The van der Waals surface area contributed by atoms with E-state index >= 15 is 0 Å². The number of carbonyl (C=O) groups is 1. The van der Waals surface area contributed by atoms with E-state index in [9.17, 15) is 4.79 Å². The fourth-order valence-corrected chi connectivity index (χ4v) is 1.44. The molecule has 1 heterocycles. The highest BCUT2D eigenvalue weighted by atomic mass is 16.2. The van der Waals surface area contributed by atoms with Crippen molar-refractivity contribution in [3.05, 3.63) is 12.2 Å². The maximum Gasteiger partial charge on any atom is 0.246 e. The summed E-state index contributed by atoms with van der Waals surface area (Å²) in [5.41, 5.74) is 0.732. The van der Waals surface area contributed by atoms with Crippen LogP contribution in [0.1, 0.15) is 26.7 Å². The van der Waals surface area contributed by atoms with Crippen LogP contribution in [-0.4, -0.2) is 11.9 Å². The van der Waals surface area contributed by atoms with Gasteiger partial charge in [0.1, 0.15) is 0 Å². The standard InChI is InChI=1S/C9H15NO/c1-6(2)4-8-5-7(3)9(11)10-8/h6,8H,3-5H2,1-2H3,(H,10,11). The summed E-state index contributed by atoms with van der Waals surface area (Å²) in [6, 6.07) is 0.343. The molecular formula is C9H15NO. The SMILES string of the molecule is C=C1CC(CC(C)C)NC1=O. The number of hydrogen-bond donors (Lipinski definition) is 1. The summed E-state index contributed by atoms with van der Waals surface area (Å²) in [6.45, 7) is 8.00. The molecule has 62 valence electrons. The van der Waals surface area contributed by atoms with Gasteiger partial charge < -0.3 is 5.32 Å². The van der Waals surface area contributed by atoms with Gasteiger partial charge in [-0.1, -0.05) is 20.4 Å². The van der Waals surface area contributed by atoms with Crippen LogP contribution in [0.4, 0.5) is 0 Å². The van der Waals surface area contributed by atoms with Gasteiger partial charge in [0.15, 0.2) is 0 Å². The van der Waals surface area contributed by atoms with Gasteiger partial charge in [0, 0.05) is 11.6 Å². The Kier molecular flexibility index (Phi) is 2.32. The molecule has 0 aromatic heterocycles. The van der Waals surface area contributed by atoms with E-state index in [0.717, 1.165) is 18.4 Å². The summed E-state index contributed by atoms with van der Waals surface area (Å²) >= 11 is 0. The van der Waals surface area contributed by atoms with Crippen LogP contribution in [0.25, 0.3) is 0 Å². The molecular weight excluding hydrogens is 138 g/mol. The molecule has 1 atom stereocenters. The Hall–Kier alpha value is -0.790. The third-order valence-corrected chi connectivity index (χ3v) is 1.91. The number of rotatable bonds is 2. The molecule has 1 aliphatic rings. The molecule has 0 aliphatic carbocycles. The minimum atomic E-state index is 0.0376. The van der Waals surface area contributed by atoms with E-state index in [-0.39, 0.29) is 5.91 Å². The van der Waals surface area contributed by atoms with Crippen molar-refractivity contribution in [2.24, 2.45) is 5.92 Å². The predicted octanol–water partition coefficient (Wildman–Crippen LogP) is 1.48. The Morgan fingerprint density at radius 2 is 2.36 bits per heavy atom. The van der Waals surface area contributed by atoms with Crippen LogP contribution in [0.3, 0.4) is 0 Å². The van der Waals surface area contributed by atoms with Gasteiger partial charge in [-0.2, -0.15) is 0 Å². The van der Waals surface area contributed by atoms with Crippen molar-refractivity contribution < 1.29 is 4.79 Å². The van der Waals surface area contributed by atoms with E-state index in [1.54, 1.807) is 0 Å². The monoisotopic (exact) mass is 153 g/mol. The smallest absolute Gasteiger partial charge is 0.246 e. The quantitative estimate of drug-likeness (QED) is 0.598. The van der Waals surface area contributed by atoms with E-state index in [2.05, 4.69) is 25.7 Å². The van der Waals surface area contributed by atoms with Crippen LogP contribution in [-0.2, 0) is 4.79 Å². The molecule has 1 aliphatic heterocycles. The van der Waals surface area contributed by atoms with Crippen molar-refractivity contribution in [2.45, 2.75) is 32.7 Å². The maximum absolute atomic E-state index is 11.0. The molecule has 0 saturated carbocycles. The average Bonchev–Trinajstić information content (AvgIpc) is 2.10. The lowest BCUT2D eigenvalue weighted by Gasteiger charge is -2.11. The Morgan fingerprint density at radius 3 is 2.73 bits per heavy atom. The highest BCUT2D eigenvalue weighted by Gasteiger charge is 2.24. The zero-order valence-corrected chi connectivity index (χ0v) is 7.18. The molecule has 1 fully saturated rings. The van der Waals surface area contributed by atoms with Gasteiger partial charge in [-0.05, 0) is 18.8 Å². The second-order valence-corrected chi connectivity index (χ2v) is 3.61. The summed E-state index contributed by atoms with van der Waals surface area (Å²) in [5.74, 6) is 0.682. The Labute approximate surface area is 67.7 Å². The van der Waals surface area contributed by atoms with Crippen LogP contribution >= 0.6 is 0 Å². The zero-order valence-electron chi connectivity index (χ0n) is 7.18. The first-order valence-corrected chi connectivity index (χ1v) is 4.08. The third-order valence-electron chi connectivity index (χ3n) is 1.91. The topological polar surface area (TPSA) is 29.1 Å². The lowest BCUT2D eigenvalue weighted by molar-refractivity contribution is -0.116. The van der Waals surface area contributed by atoms with Crippen molar-refractivity contribution in [3.8, 4) is 0 Å². The predicted molar refractivity (Wildman–Crippen MR) is 45.1 cm³/mol. The zero-order chi connectivity index (χ0) is 8.43. The van der Waals surface area contributed by atoms with Crippen molar-refractivity contribution in [1.82, 2.24) is 5.32 Å². The second kappa shape index (κ2) is 3.07. The van der Waals surface area contributed by atoms with Crippen molar-refractivity contribution >= 4 is 5.91 Å². The van der Waals surface area contributed by atoms with Crippen LogP contribution in [0.2, 0.25) is 0 Å². The largest absolute Gasteiger partial charge is 0.349 e. The molecule has 1 N–H and O–H groups in total. The van der Waals surface area contributed by atoms with E-state index in [4.69, 9.17) is 0 Å². The first-order chi connectivity index (χ1) is 5.09. The molecule has 2 heteroatoms. The van der Waals surface area contributed by atoms with Gasteiger partial charge in [-0.15, -0.1) is 0 Å². The van der Waals surface area contributed by atoms with Gasteiger partial charge in [-0.25, -0.2) is 0 Å². The number of carbonyl (C=O) groups excluding carboxylic acids is 1. The van der Waals surface area contributed by atoms with E-state index < -0.39 is 0 Å². The van der Waals surface area contributed by atoms with E-state index in [0.29, 0.717) is 12.0 Å². The molecule has 0 aromatic carbocycles. The molecule has 1 rings (SSSR count). The Balaban J connectivity index is 2.41. The molecule has 2 nitrogen and oxygen atoms in total. The van der Waals surface area contributed by atoms with Crippen LogP contribution in [0.5, 0.6) is 0 Å². The summed E-state index contributed by atoms with van der Waals surface area (Å²) in [7, 11) is 0. The molecule has 1 amide bonds. The third kappa shape index (κ3) is 2.07. The summed E-state index contributed by atoms with van der Waals surface area (Å²) < 4.78 is 0. The van der Waals surface area contributed by atoms with Crippen molar-refractivity contribution in [2.75, 3.05) is 0 Å². The Morgan fingerprint density at radius 1 is 1.73 bits per heavy atom. The first kappa shape index (κ1) is 8.31. The van der Waals surface area contributed by atoms with Crippen molar-refractivity contribution in [3.63, 3.8) is 0 Å².